The number of aromatic amines is 1. The van der Waals surface area contributed by atoms with Crippen LogP contribution >= 0.6 is 0 Å². The van der Waals surface area contributed by atoms with Gasteiger partial charge < -0.3 is 9.42 Å². The number of aryl methyl sites for hydroxylation is 1. The van der Waals surface area contributed by atoms with Crippen LogP contribution in [0.4, 0.5) is 5.82 Å². The number of aromatic nitrogens is 2. The molecule has 1 aliphatic heterocycles. The van der Waals surface area contributed by atoms with Crippen molar-refractivity contribution in [2.75, 3.05) is 31.1 Å². The van der Waals surface area contributed by atoms with Crippen molar-refractivity contribution in [2.45, 2.75) is 6.92 Å². The van der Waals surface area contributed by atoms with Crippen molar-refractivity contribution in [1.29, 1.82) is 0 Å². The lowest BCUT2D eigenvalue weighted by Crippen LogP contribution is -2.50. The largest absolute Gasteiger partial charge is 0.361 e. The van der Waals surface area contributed by atoms with Gasteiger partial charge in [0.2, 0.25) is 0 Å². The van der Waals surface area contributed by atoms with Crippen molar-refractivity contribution in [3.63, 3.8) is 0 Å². The predicted molar refractivity (Wildman–Crippen MR) is 72.4 cm³/mol. The Bertz CT molecular complexity index is 588. The molecule has 0 atom stereocenters. The maximum atomic E-state index is 12.2. The Morgan fingerprint density at radius 2 is 2.10 bits per heavy atom. The van der Waals surface area contributed by atoms with Gasteiger partial charge in [-0.1, -0.05) is 11.2 Å². The molecule has 1 saturated heterocycles. The third-order valence-electron chi connectivity index (χ3n) is 3.45. The fraction of sp³-hybridized carbons (Fsp3) is 0.357. The molecule has 1 N–H and O–H groups in total. The van der Waals surface area contributed by atoms with Gasteiger partial charge in [0.25, 0.3) is 11.7 Å². The molecular weight excluding hydrogens is 256 g/mol. The lowest BCUT2D eigenvalue weighted by Gasteiger charge is -2.30. The monoisotopic (exact) mass is 273 g/mol. The first-order chi connectivity index (χ1) is 9.74. The van der Waals surface area contributed by atoms with Gasteiger partial charge in [0.15, 0.2) is 5.69 Å². The Kier molecular flexibility index (Phi) is 3.37. The number of pyridine rings is 1. The highest BCUT2D eigenvalue weighted by atomic mass is 16.5. The van der Waals surface area contributed by atoms with Gasteiger partial charge in [-0.15, -0.1) is 0 Å². The smallest absolute Gasteiger partial charge is 0.276 e. The first-order valence-corrected chi connectivity index (χ1v) is 6.68. The van der Waals surface area contributed by atoms with Crippen molar-refractivity contribution in [3.8, 4) is 0 Å². The molecule has 6 nitrogen and oxygen atoms in total. The summed E-state index contributed by atoms with van der Waals surface area (Å²) in [6.45, 7) is 4.78. The van der Waals surface area contributed by atoms with E-state index in [1.165, 1.54) is 0 Å². The van der Waals surface area contributed by atoms with Crippen LogP contribution in [0.2, 0.25) is 0 Å². The van der Waals surface area contributed by atoms with Crippen LogP contribution in [0.3, 0.4) is 0 Å². The number of hydrogen-bond acceptors (Lipinski definition) is 4. The van der Waals surface area contributed by atoms with E-state index < -0.39 is 0 Å². The number of anilines is 1. The van der Waals surface area contributed by atoms with Crippen LogP contribution in [0.1, 0.15) is 16.2 Å². The topological polar surface area (TPSA) is 63.7 Å². The summed E-state index contributed by atoms with van der Waals surface area (Å²) in [5, 5.41) is 3.78. The van der Waals surface area contributed by atoms with Crippen LogP contribution in [0.25, 0.3) is 0 Å². The SMILES string of the molecule is Cc1cc(C(=O)N2CCN(c3cccc[nH+]3)CC2)no1. The molecule has 1 amide bonds. The number of nitrogens with zero attached hydrogens (tertiary/aromatic N) is 3. The summed E-state index contributed by atoms with van der Waals surface area (Å²) >= 11 is 0. The van der Waals surface area contributed by atoms with E-state index in [1.54, 1.807) is 13.0 Å². The molecule has 0 saturated carbocycles. The van der Waals surface area contributed by atoms with E-state index in [9.17, 15) is 4.79 Å². The quantitative estimate of drug-likeness (QED) is 0.810. The third kappa shape index (κ3) is 2.49. The van der Waals surface area contributed by atoms with Crippen LogP contribution in [-0.2, 0) is 0 Å². The fourth-order valence-electron chi connectivity index (χ4n) is 2.36. The summed E-state index contributed by atoms with van der Waals surface area (Å²) in [7, 11) is 0. The molecule has 0 aliphatic carbocycles. The lowest BCUT2D eigenvalue weighted by molar-refractivity contribution is -0.364. The Hall–Kier alpha value is -2.37. The van der Waals surface area contributed by atoms with E-state index in [4.69, 9.17) is 4.52 Å². The van der Waals surface area contributed by atoms with Crippen molar-refractivity contribution in [1.82, 2.24) is 10.1 Å². The van der Waals surface area contributed by atoms with Crippen LogP contribution in [-0.4, -0.2) is 42.1 Å². The van der Waals surface area contributed by atoms with Gasteiger partial charge in [0.05, 0.1) is 19.3 Å². The maximum Gasteiger partial charge on any atom is 0.276 e. The van der Waals surface area contributed by atoms with E-state index in [-0.39, 0.29) is 5.91 Å². The molecule has 3 heterocycles. The zero-order valence-electron chi connectivity index (χ0n) is 11.4. The average Bonchev–Trinajstić information content (AvgIpc) is 2.94. The second kappa shape index (κ2) is 5.32. The molecule has 6 heteroatoms. The van der Waals surface area contributed by atoms with Crippen molar-refractivity contribution in [3.05, 3.63) is 41.9 Å². The van der Waals surface area contributed by atoms with Gasteiger partial charge in [-0.3, -0.25) is 9.69 Å². The highest BCUT2D eigenvalue weighted by molar-refractivity contribution is 5.92. The Morgan fingerprint density at radius 3 is 2.70 bits per heavy atom. The first kappa shape index (κ1) is 12.7. The van der Waals surface area contributed by atoms with Crippen LogP contribution in [0.15, 0.2) is 35.0 Å². The summed E-state index contributed by atoms with van der Waals surface area (Å²) in [5.41, 5.74) is 0.391. The molecule has 104 valence electrons. The zero-order chi connectivity index (χ0) is 13.9. The lowest BCUT2D eigenvalue weighted by atomic mass is 10.2. The number of carbonyl (C=O) groups excluding carboxylic acids is 1. The van der Waals surface area contributed by atoms with E-state index in [1.807, 2.05) is 29.3 Å². The normalized spacial score (nSPS) is 15.4. The van der Waals surface area contributed by atoms with Gasteiger partial charge in [0, 0.05) is 12.1 Å². The summed E-state index contributed by atoms with van der Waals surface area (Å²) < 4.78 is 4.95. The molecule has 2 aromatic rings. The molecule has 0 radical (unpaired) electrons. The third-order valence-corrected chi connectivity index (χ3v) is 3.45. The molecule has 1 aliphatic rings. The zero-order valence-corrected chi connectivity index (χ0v) is 11.4. The number of piperazine rings is 1. The molecule has 0 unspecified atom stereocenters. The van der Waals surface area contributed by atoms with Crippen LogP contribution in [0, 0.1) is 6.92 Å². The van der Waals surface area contributed by atoms with E-state index in [0.717, 1.165) is 18.9 Å². The summed E-state index contributed by atoms with van der Waals surface area (Å²) in [4.78, 5) is 19.5. The predicted octanol–water partition coefficient (Wildman–Crippen LogP) is 0.760. The Labute approximate surface area is 117 Å². The van der Waals surface area contributed by atoms with Gasteiger partial charge in [0.1, 0.15) is 18.8 Å². The summed E-state index contributed by atoms with van der Waals surface area (Å²) in [6.07, 6.45) is 1.91. The highest BCUT2D eigenvalue weighted by Crippen LogP contribution is 2.12. The molecule has 1 fully saturated rings. The molecule has 20 heavy (non-hydrogen) atoms. The molecular formula is C14H17N4O2+. The molecule has 2 aromatic heterocycles. The van der Waals surface area contributed by atoms with Crippen molar-refractivity contribution >= 4 is 11.7 Å². The van der Waals surface area contributed by atoms with Crippen LogP contribution in [0.5, 0.6) is 0 Å². The van der Waals surface area contributed by atoms with Gasteiger partial charge >= 0.3 is 0 Å². The van der Waals surface area contributed by atoms with Gasteiger partial charge in [-0.25, -0.2) is 4.98 Å². The fourth-order valence-corrected chi connectivity index (χ4v) is 2.36. The Morgan fingerprint density at radius 1 is 1.30 bits per heavy atom. The minimum Gasteiger partial charge on any atom is -0.361 e. The maximum absolute atomic E-state index is 12.2. The number of hydrogen-bond donors (Lipinski definition) is 0. The number of carbonyl (C=O) groups is 1. The van der Waals surface area contributed by atoms with E-state index in [0.29, 0.717) is 24.5 Å². The molecule has 3 rings (SSSR count). The van der Waals surface area contributed by atoms with Gasteiger partial charge in [-0.05, 0) is 13.0 Å². The molecule has 0 bridgehead atoms. The summed E-state index contributed by atoms with van der Waals surface area (Å²) in [5.74, 6) is 1.68. The second-order valence-corrected chi connectivity index (χ2v) is 4.85. The second-order valence-electron chi connectivity index (χ2n) is 4.85. The number of rotatable bonds is 2. The standard InChI is InChI=1S/C14H16N4O2/c1-11-10-12(16-20-11)14(19)18-8-6-17(7-9-18)13-4-2-3-5-15-13/h2-5,10H,6-9H2,1H3/p+1. The first-order valence-electron chi connectivity index (χ1n) is 6.68. The average molecular weight is 273 g/mol. The van der Waals surface area contributed by atoms with Gasteiger partial charge in [-0.2, -0.15) is 0 Å². The minimum atomic E-state index is -0.0569. The van der Waals surface area contributed by atoms with Crippen molar-refractivity contribution < 1.29 is 14.3 Å². The number of H-pyrrole nitrogens is 1. The van der Waals surface area contributed by atoms with E-state index >= 15 is 0 Å². The number of amides is 1. The van der Waals surface area contributed by atoms with Crippen molar-refractivity contribution in [2.24, 2.45) is 0 Å². The van der Waals surface area contributed by atoms with Crippen LogP contribution < -0.4 is 9.88 Å². The molecule has 0 aromatic carbocycles. The number of nitrogens with one attached hydrogen (secondary N) is 1. The summed E-state index contributed by atoms with van der Waals surface area (Å²) in [6, 6.07) is 7.68. The molecule has 0 spiro atoms. The minimum absolute atomic E-state index is 0.0569. The highest BCUT2D eigenvalue weighted by Gasteiger charge is 2.27. The Balaban J connectivity index is 1.63. The van der Waals surface area contributed by atoms with E-state index in [2.05, 4.69) is 15.0 Å².